The van der Waals surface area contributed by atoms with E-state index in [0.717, 1.165) is 32.7 Å². The minimum atomic E-state index is 0.139. The predicted molar refractivity (Wildman–Crippen MR) is 86.6 cm³/mol. The third kappa shape index (κ3) is 4.83. The number of fused-ring (bicyclic) bond motifs is 1. The minimum absolute atomic E-state index is 0.139. The Bertz CT molecular complexity index is 473. The number of hydrogen-bond acceptors (Lipinski definition) is 3. The molecule has 3 N–H and O–H groups in total. The molecule has 1 aliphatic heterocycles. The summed E-state index contributed by atoms with van der Waals surface area (Å²) in [6.07, 6.45) is 1.77. The zero-order valence-corrected chi connectivity index (χ0v) is 13.1. The fourth-order valence-electron chi connectivity index (χ4n) is 2.91. The van der Waals surface area contributed by atoms with Gasteiger partial charge in [0.25, 0.3) is 0 Å². The van der Waals surface area contributed by atoms with E-state index in [-0.39, 0.29) is 11.9 Å². The number of benzene rings is 1. The Labute approximate surface area is 127 Å². The Hall–Kier alpha value is -1.39. The van der Waals surface area contributed by atoms with Gasteiger partial charge in [0.05, 0.1) is 18.5 Å². The van der Waals surface area contributed by atoms with Crippen LogP contribution in [0.1, 0.15) is 37.5 Å². The fraction of sp³-hybridized carbons (Fsp3) is 0.588. The molecule has 0 aliphatic carbocycles. The lowest BCUT2D eigenvalue weighted by Crippen LogP contribution is -2.36. The van der Waals surface area contributed by atoms with E-state index in [1.165, 1.54) is 11.1 Å². The largest absolute Gasteiger partial charge is 0.388 e. The molecule has 0 saturated carbocycles. The topological polar surface area (TPSA) is 62.3 Å². The van der Waals surface area contributed by atoms with Crippen LogP contribution in [0.2, 0.25) is 0 Å². The summed E-state index contributed by atoms with van der Waals surface area (Å²) in [5, 5.41) is 7.43. The minimum Gasteiger partial charge on any atom is -0.388 e. The van der Waals surface area contributed by atoms with Gasteiger partial charge in [-0.05, 0) is 23.5 Å². The Morgan fingerprint density at radius 1 is 1.43 bits per heavy atom. The molecule has 1 unspecified atom stereocenters. The fourth-order valence-corrected chi connectivity index (χ4v) is 2.91. The first-order valence-corrected chi connectivity index (χ1v) is 7.81. The van der Waals surface area contributed by atoms with Gasteiger partial charge < -0.3 is 10.5 Å². The highest BCUT2D eigenvalue weighted by Crippen LogP contribution is 2.27. The second-order valence-electron chi connectivity index (χ2n) is 6.24. The number of ether oxygens (including phenoxy) is 1. The van der Waals surface area contributed by atoms with Crippen molar-refractivity contribution in [2.24, 2.45) is 11.7 Å². The summed E-state index contributed by atoms with van der Waals surface area (Å²) in [6.45, 7) is 7.95. The van der Waals surface area contributed by atoms with E-state index in [4.69, 9.17) is 15.9 Å². The van der Waals surface area contributed by atoms with Crippen molar-refractivity contribution in [3.63, 3.8) is 0 Å². The monoisotopic (exact) mass is 289 g/mol. The summed E-state index contributed by atoms with van der Waals surface area (Å²) < 4.78 is 6.00. The van der Waals surface area contributed by atoms with E-state index >= 15 is 0 Å². The van der Waals surface area contributed by atoms with Crippen molar-refractivity contribution in [3.05, 3.63) is 35.4 Å². The van der Waals surface area contributed by atoms with Crippen LogP contribution in [0.5, 0.6) is 0 Å². The predicted octanol–water partition coefficient (Wildman–Crippen LogP) is 2.58. The first-order valence-electron chi connectivity index (χ1n) is 7.81. The Morgan fingerprint density at radius 2 is 2.19 bits per heavy atom. The average Bonchev–Trinajstić information content (AvgIpc) is 2.44. The number of amidine groups is 1. The summed E-state index contributed by atoms with van der Waals surface area (Å²) >= 11 is 0. The van der Waals surface area contributed by atoms with Crippen molar-refractivity contribution in [2.75, 3.05) is 26.2 Å². The van der Waals surface area contributed by atoms with Crippen molar-refractivity contribution in [3.8, 4) is 0 Å². The first-order chi connectivity index (χ1) is 10.1. The van der Waals surface area contributed by atoms with E-state index in [9.17, 15) is 0 Å². The smallest absolute Gasteiger partial charge is 0.0954 e. The van der Waals surface area contributed by atoms with E-state index in [0.29, 0.717) is 12.3 Å². The SMILES string of the molecule is CC(C)CN(CCC(=N)N)CC1OCCc2ccccc21. The van der Waals surface area contributed by atoms with Crippen LogP contribution in [-0.2, 0) is 11.2 Å². The Kier molecular flexibility index (Phi) is 5.76. The standard InChI is InChI=1S/C17H27N3O/c1-13(2)11-20(9-7-17(18)19)12-16-15-6-4-3-5-14(15)8-10-21-16/h3-6,13,16H,7-12H2,1-2H3,(H3,18,19). The highest BCUT2D eigenvalue weighted by atomic mass is 16.5. The zero-order chi connectivity index (χ0) is 15.2. The molecular weight excluding hydrogens is 262 g/mol. The lowest BCUT2D eigenvalue weighted by molar-refractivity contribution is 0.0142. The lowest BCUT2D eigenvalue weighted by atomic mass is 9.97. The van der Waals surface area contributed by atoms with Gasteiger partial charge in [0.15, 0.2) is 0 Å². The molecule has 0 radical (unpaired) electrons. The average molecular weight is 289 g/mol. The van der Waals surface area contributed by atoms with E-state index < -0.39 is 0 Å². The molecule has 2 rings (SSSR count). The Balaban J connectivity index is 2.04. The maximum Gasteiger partial charge on any atom is 0.0954 e. The summed E-state index contributed by atoms with van der Waals surface area (Å²) in [4.78, 5) is 2.37. The molecule has 0 aromatic heterocycles. The molecule has 1 atom stereocenters. The third-order valence-corrected chi connectivity index (χ3v) is 3.84. The molecule has 0 fully saturated rings. The molecule has 21 heavy (non-hydrogen) atoms. The summed E-state index contributed by atoms with van der Waals surface area (Å²) in [6, 6.07) is 8.57. The maximum absolute atomic E-state index is 7.43. The second-order valence-corrected chi connectivity index (χ2v) is 6.24. The quantitative estimate of drug-likeness (QED) is 0.599. The molecule has 0 amide bonds. The van der Waals surface area contributed by atoms with Crippen LogP contribution < -0.4 is 5.73 Å². The molecule has 0 spiro atoms. The van der Waals surface area contributed by atoms with E-state index in [2.05, 4.69) is 43.0 Å². The van der Waals surface area contributed by atoms with Gasteiger partial charge in [0, 0.05) is 26.1 Å². The maximum atomic E-state index is 7.43. The number of nitrogens with one attached hydrogen (secondary N) is 1. The van der Waals surface area contributed by atoms with Gasteiger partial charge in [-0.15, -0.1) is 0 Å². The van der Waals surface area contributed by atoms with Crippen LogP contribution in [0.25, 0.3) is 0 Å². The van der Waals surface area contributed by atoms with Crippen LogP contribution in [-0.4, -0.2) is 37.0 Å². The third-order valence-electron chi connectivity index (χ3n) is 3.84. The summed E-state index contributed by atoms with van der Waals surface area (Å²) in [5.74, 6) is 0.851. The van der Waals surface area contributed by atoms with Gasteiger partial charge in [-0.1, -0.05) is 38.1 Å². The molecule has 1 aromatic rings. The number of nitrogens with zero attached hydrogens (tertiary/aromatic N) is 1. The lowest BCUT2D eigenvalue weighted by Gasteiger charge is -2.32. The molecule has 4 heteroatoms. The number of rotatable bonds is 7. The number of hydrogen-bond donors (Lipinski definition) is 2. The second kappa shape index (κ2) is 7.57. The van der Waals surface area contributed by atoms with Crippen LogP contribution >= 0.6 is 0 Å². The highest BCUT2D eigenvalue weighted by Gasteiger charge is 2.23. The molecular formula is C17H27N3O. The van der Waals surface area contributed by atoms with Gasteiger partial charge in [0.1, 0.15) is 0 Å². The normalized spacial score (nSPS) is 18.0. The first kappa shape index (κ1) is 16.0. The van der Waals surface area contributed by atoms with Crippen molar-refractivity contribution in [1.29, 1.82) is 5.41 Å². The van der Waals surface area contributed by atoms with Gasteiger partial charge in [-0.2, -0.15) is 0 Å². The Morgan fingerprint density at radius 3 is 2.90 bits per heavy atom. The molecule has 1 aliphatic rings. The highest BCUT2D eigenvalue weighted by molar-refractivity contribution is 5.76. The molecule has 116 valence electrons. The van der Waals surface area contributed by atoms with Crippen molar-refractivity contribution < 1.29 is 4.74 Å². The van der Waals surface area contributed by atoms with Crippen LogP contribution in [0.4, 0.5) is 0 Å². The molecule has 1 aromatic carbocycles. The molecule has 0 saturated heterocycles. The van der Waals surface area contributed by atoms with E-state index in [1.54, 1.807) is 0 Å². The van der Waals surface area contributed by atoms with Crippen molar-refractivity contribution in [2.45, 2.75) is 32.8 Å². The molecule has 0 bridgehead atoms. The summed E-state index contributed by atoms with van der Waals surface area (Å²) in [5.41, 5.74) is 8.23. The molecule has 4 nitrogen and oxygen atoms in total. The van der Waals surface area contributed by atoms with E-state index in [1.807, 2.05) is 0 Å². The van der Waals surface area contributed by atoms with Gasteiger partial charge >= 0.3 is 0 Å². The summed E-state index contributed by atoms with van der Waals surface area (Å²) in [7, 11) is 0. The van der Waals surface area contributed by atoms with Gasteiger partial charge in [-0.25, -0.2) is 0 Å². The van der Waals surface area contributed by atoms with Crippen molar-refractivity contribution >= 4 is 5.84 Å². The number of nitrogens with two attached hydrogens (primary N) is 1. The van der Waals surface area contributed by atoms with Crippen LogP contribution in [0, 0.1) is 11.3 Å². The van der Waals surface area contributed by atoms with Gasteiger partial charge in [0.2, 0.25) is 0 Å². The molecule has 1 heterocycles. The zero-order valence-electron chi connectivity index (χ0n) is 13.1. The van der Waals surface area contributed by atoms with Crippen molar-refractivity contribution in [1.82, 2.24) is 4.90 Å². The van der Waals surface area contributed by atoms with Crippen LogP contribution in [0.3, 0.4) is 0 Å². The van der Waals surface area contributed by atoms with Gasteiger partial charge in [-0.3, -0.25) is 10.3 Å². The van der Waals surface area contributed by atoms with Crippen LogP contribution in [0.15, 0.2) is 24.3 Å².